The molecule has 1 aliphatic heterocycles. The molecule has 0 aliphatic carbocycles. The lowest BCUT2D eigenvalue weighted by Gasteiger charge is -2.21. The number of ether oxygens (including phenoxy) is 1. The molecule has 9 heteroatoms. The molecule has 118 valence electrons. The quantitative estimate of drug-likeness (QED) is 0.488. The lowest BCUT2D eigenvalue weighted by molar-refractivity contribution is -0.384. The van der Waals surface area contributed by atoms with Gasteiger partial charge in [-0.3, -0.25) is 19.8 Å². The molecule has 1 fully saturated rings. The summed E-state index contributed by atoms with van der Waals surface area (Å²) in [6, 6.07) is 4.95. The Labute approximate surface area is 131 Å². The number of carbonyl (C=O) groups excluding carboxylic acids is 2. The van der Waals surface area contributed by atoms with Gasteiger partial charge in [-0.1, -0.05) is 0 Å². The van der Waals surface area contributed by atoms with Crippen molar-refractivity contribution in [1.29, 1.82) is 0 Å². The summed E-state index contributed by atoms with van der Waals surface area (Å²) in [6.45, 7) is 0.242. The van der Waals surface area contributed by atoms with E-state index < -0.39 is 23.0 Å². The highest BCUT2D eigenvalue weighted by atomic mass is 32.1. The predicted molar refractivity (Wildman–Crippen MR) is 80.4 cm³/mol. The molecule has 8 nitrogen and oxygen atoms in total. The molecule has 2 amide bonds. The topological polar surface area (TPSA) is 116 Å². The van der Waals surface area contributed by atoms with E-state index in [1.807, 2.05) is 0 Å². The fraction of sp³-hybridized carbons (Fsp3) is 0.385. The molecule has 1 aromatic rings. The second-order valence-corrected chi connectivity index (χ2v) is 5.67. The third kappa shape index (κ3) is 3.67. The first kappa shape index (κ1) is 16.1. The standard InChI is InChI=1S/C13H15N3O5S/c14-12(17)11-5-10(22)6-15(11)13(18)21-7-8-1-3-9(4-2-8)16(19)20/h1-4,10-11,22H,5-7H2,(H2,14,17). The first-order chi connectivity index (χ1) is 10.4. The van der Waals surface area contributed by atoms with Crippen molar-refractivity contribution < 1.29 is 19.2 Å². The smallest absolute Gasteiger partial charge is 0.410 e. The molecular formula is C13H15N3O5S. The van der Waals surface area contributed by atoms with Crippen LogP contribution in [0.4, 0.5) is 10.5 Å². The Bertz CT molecular complexity index is 592. The zero-order valence-electron chi connectivity index (χ0n) is 11.5. The van der Waals surface area contributed by atoms with E-state index in [1.54, 1.807) is 0 Å². The van der Waals surface area contributed by atoms with Gasteiger partial charge in [-0.15, -0.1) is 0 Å². The van der Waals surface area contributed by atoms with E-state index in [0.717, 1.165) is 0 Å². The monoisotopic (exact) mass is 325 g/mol. The van der Waals surface area contributed by atoms with Gasteiger partial charge in [-0.05, 0) is 24.1 Å². The molecule has 2 rings (SSSR count). The summed E-state index contributed by atoms with van der Waals surface area (Å²) in [5.74, 6) is -0.594. The average molecular weight is 325 g/mol. The van der Waals surface area contributed by atoms with E-state index in [-0.39, 0.29) is 24.1 Å². The number of amides is 2. The number of primary amides is 1. The highest BCUT2D eigenvalue weighted by Gasteiger charge is 2.38. The Balaban J connectivity index is 1.94. The number of benzene rings is 1. The van der Waals surface area contributed by atoms with Crippen molar-refractivity contribution in [3.8, 4) is 0 Å². The molecule has 1 aliphatic rings. The van der Waals surface area contributed by atoms with Gasteiger partial charge in [0.1, 0.15) is 12.6 Å². The lowest BCUT2D eigenvalue weighted by Crippen LogP contribution is -2.43. The highest BCUT2D eigenvalue weighted by molar-refractivity contribution is 7.81. The largest absolute Gasteiger partial charge is 0.445 e. The number of nitro benzene ring substituents is 1. The third-order valence-electron chi connectivity index (χ3n) is 3.35. The lowest BCUT2D eigenvalue weighted by atomic mass is 10.2. The Morgan fingerprint density at radius 1 is 1.41 bits per heavy atom. The summed E-state index contributed by atoms with van der Waals surface area (Å²) in [6.07, 6.45) is -0.260. The first-order valence-corrected chi connectivity index (χ1v) is 7.04. The Morgan fingerprint density at radius 2 is 2.05 bits per heavy atom. The number of thiol groups is 1. The highest BCUT2D eigenvalue weighted by Crippen LogP contribution is 2.23. The molecule has 0 aromatic heterocycles. The van der Waals surface area contributed by atoms with Crippen molar-refractivity contribution in [3.63, 3.8) is 0 Å². The molecule has 0 radical (unpaired) electrons. The number of hydrogen-bond acceptors (Lipinski definition) is 6. The van der Waals surface area contributed by atoms with Crippen LogP contribution in [0.2, 0.25) is 0 Å². The van der Waals surface area contributed by atoms with Gasteiger partial charge in [0.05, 0.1) is 4.92 Å². The Kier molecular flexibility index (Phi) is 4.86. The minimum Gasteiger partial charge on any atom is -0.445 e. The van der Waals surface area contributed by atoms with Crippen LogP contribution in [0.3, 0.4) is 0 Å². The summed E-state index contributed by atoms with van der Waals surface area (Å²) < 4.78 is 5.12. The molecule has 0 spiro atoms. The summed E-state index contributed by atoms with van der Waals surface area (Å²) >= 11 is 4.25. The fourth-order valence-corrected chi connectivity index (χ4v) is 2.60. The summed E-state index contributed by atoms with van der Waals surface area (Å²) in [7, 11) is 0. The van der Waals surface area contributed by atoms with Gasteiger partial charge in [0.25, 0.3) is 5.69 Å². The van der Waals surface area contributed by atoms with Gasteiger partial charge >= 0.3 is 6.09 Å². The SMILES string of the molecule is NC(=O)C1CC(S)CN1C(=O)OCc1ccc([N+](=O)[O-])cc1. The van der Waals surface area contributed by atoms with Gasteiger partial charge in [0, 0.05) is 23.9 Å². The van der Waals surface area contributed by atoms with E-state index in [4.69, 9.17) is 10.5 Å². The number of carbonyl (C=O) groups is 2. The van der Waals surface area contributed by atoms with Crippen LogP contribution in [-0.4, -0.2) is 39.7 Å². The molecular weight excluding hydrogens is 310 g/mol. The molecule has 2 unspecified atom stereocenters. The first-order valence-electron chi connectivity index (χ1n) is 6.52. The van der Waals surface area contributed by atoms with E-state index in [9.17, 15) is 19.7 Å². The van der Waals surface area contributed by atoms with Crippen LogP contribution in [0.25, 0.3) is 0 Å². The predicted octanol–water partition coefficient (Wildman–Crippen LogP) is 1.09. The number of nitrogens with two attached hydrogens (primary N) is 1. The molecule has 0 saturated carbocycles. The average Bonchev–Trinajstić information content (AvgIpc) is 2.87. The molecule has 1 aromatic carbocycles. The van der Waals surface area contributed by atoms with Gasteiger partial charge < -0.3 is 10.5 Å². The van der Waals surface area contributed by atoms with Gasteiger partial charge in [0.2, 0.25) is 5.91 Å². The second kappa shape index (κ2) is 6.65. The van der Waals surface area contributed by atoms with E-state index >= 15 is 0 Å². The minimum absolute atomic E-state index is 0.0404. The molecule has 2 N–H and O–H groups in total. The third-order valence-corrected chi connectivity index (χ3v) is 3.73. The zero-order chi connectivity index (χ0) is 16.3. The van der Waals surface area contributed by atoms with Crippen LogP contribution >= 0.6 is 12.6 Å². The molecule has 1 saturated heterocycles. The number of likely N-dealkylation sites (tertiary alicyclic amines) is 1. The van der Waals surface area contributed by atoms with E-state index in [2.05, 4.69) is 12.6 Å². The number of hydrogen-bond donors (Lipinski definition) is 2. The maximum Gasteiger partial charge on any atom is 0.410 e. The summed E-state index contributed by atoms with van der Waals surface area (Å²) in [5.41, 5.74) is 5.82. The molecule has 2 atom stereocenters. The minimum atomic E-state index is -0.716. The van der Waals surface area contributed by atoms with Gasteiger partial charge in [0.15, 0.2) is 0 Å². The maximum absolute atomic E-state index is 12.0. The van der Waals surface area contributed by atoms with Gasteiger partial charge in [-0.2, -0.15) is 12.6 Å². The number of rotatable bonds is 4. The van der Waals surface area contributed by atoms with Crippen molar-refractivity contribution in [2.75, 3.05) is 6.54 Å². The molecule has 0 bridgehead atoms. The van der Waals surface area contributed by atoms with Crippen molar-refractivity contribution in [2.24, 2.45) is 5.73 Å². The Morgan fingerprint density at radius 3 is 2.59 bits per heavy atom. The molecule has 22 heavy (non-hydrogen) atoms. The normalized spacial score (nSPS) is 20.7. The summed E-state index contributed by atoms with van der Waals surface area (Å²) in [4.78, 5) is 34.6. The van der Waals surface area contributed by atoms with Crippen LogP contribution in [-0.2, 0) is 16.1 Å². The van der Waals surface area contributed by atoms with Crippen molar-refractivity contribution in [2.45, 2.75) is 24.3 Å². The van der Waals surface area contributed by atoms with Crippen LogP contribution in [0.1, 0.15) is 12.0 Å². The zero-order valence-corrected chi connectivity index (χ0v) is 12.4. The van der Waals surface area contributed by atoms with Gasteiger partial charge in [-0.25, -0.2) is 4.79 Å². The van der Waals surface area contributed by atoms with Crippen LogP contribution in [0.5, 0.6) is 0 Å². The van der Waals surface area contributed by atoms with E-state index in [1.165, 1.54) is 29.2 Å². The Hall–Kier alpha value is -2.29. The number of non-ortho nitro benzene ring substituents is 1. The van der Waals surface area contributed by atoms with Crippen LogP contribution in [0.15, 0.2) is 24.3 Å². The van der Waals surface area contributed by atoms with Crippen LogP contribution in [0, 0.1) is 10.1 Å². The van der Waals surface area contributed by atoms with Crippen molar-refractivity contribution in [3.05, 3.63) is 39.9 Å². The molecule has 1 heterocycles. The van der Waals surface area contributed by atoms with Crippen molar-refractivity contribution in [1.82, 2.24) is 4.90 Å². The number of nitrogens with zero attached hydrogens (tertiary/aromatic N) is 2. The fourth-order valence-electron chi connectivity index (χ4n) is 2.23. The van der Waals surface area contributed by atoms with Crippen LogP contribution < -0.4 is 5.73 Å². The maximum atomic E-state index is 12.0. The second-order valence-electron chi connectivity index (χ2n) is 4.94. The summed E-state index contributed by atoms with van der Waals surface area (Å²) in [5, 5.41) is 10.4. The van der Waals surface area contributed by atoms with E-state index in [0.29, 0.717) is 12.0 Å². The number of nitro groups is 1. The van der Waals surface area contributed by atoms with Crippen molar-refractivity contribution >= 4 is 30.3 Å².